The van der Waals surface area contributed by atoms with Gasteiger partial charge in [-0.15, -0.1) is 0 Å². The van der Waals surface area contributed by atoms with Gasteiger partial charge in [0.1, 0.15) is 12.4 Å². The number of thiophene rings is 1. The van der Waals surface area contributed by atoms with E-state index in [0.717, 1.165) is 13.1 Å². The average molecular weight is 352 g/mol. The number of hydrogen-bond acceptors (Lipinski definition) is 5. The third-order valence-electron chi connectivity index (χ3n) is 4.09. The van der Waals surface area contributed by atoms with E-state index in [0.29, 0.717) is 18.4 Å². The van der Waals surface area contributed by atoms with Crippen molar-refractivity contribution in [3.63, 3.8) is 0 Å². The molecule has 1 fully saturated rings. The fraction of sp³-hybridized carbons (Fsp3) is 0.375. The number of nitrogens with zero attached hydrogens (tertiary/aromatic N) is 1. The van der Waals surface area contributed by atoms with E-state index < -0.39 is 10.0 Å². The Morgan fingerprint density at radius 1 is 1.26 bits per heavy atom. The number of nitrogens with two attached hydrogens (primary N) is 1. The summed E-state index contributed by atoms with van der Waals surface area (Å²) in [5.74, 6) is 0.656. The first-order valence-corrected chi connectivity index (χ1v) is 10.0. The molecule has 0 bridgehead atoms. The fourth-order valence-corrected chi connectivity index (χ4v) is 4.16. The molecule has 0 unspecified atom stereocenters. The Morgan fingerprint density at radius 2 is 2.04 bits per heavy atom. The predicted molar refractivity (Wildman–Crippen MR) is 91.2 cm³/mol. The van der Waals surface area contributed by atoms with Crippen LogP contribution in [0.15, 0.2) is 46.0 Å². The molecule has 5 nitrogen and oxygen atoms in total. The average Bonchev–Trinajstić information content (AvgIpc) is 3.17. The van der Waals surface area contributed by atoms with Gasteiger partial charge in [0, 0.05) is 12.6 Å². The number of rotatable bonds is 6. The standard InChI is InChI=1S/C16H20N2O3S2/c17-23(19,20)15-5-3-14(4-6-15)21-10-9-18-8-1-2-16(18)13-7-11-22-12-13/h3-7,11-12,16H,1-2,8-10H2,(H2,17,19,20)/t16-/m0/s1. The van der Waals surface area contributed by atoms with Gasteiger partial charge in [0.25, 0.3) is 0 Å². The zero-order chi connectivity index (χ0) is 16.3. The number of hydrogen-bond donors (Lipinski definition) is 1. The van der Waals surface area contributed by atoms with E-state index in [1.807, 2.05) is 0 Å². The maximum Gasteiger partial charge on any atom is 0.238 e. The first-order valence-electron chi connectivity index (χ1n) is 7.56. The van der Waals surface area contributed by atoms with E-state index >= 15 is 0 Å². The third kappa shape index (κ3) is 4.11. The molecule has 1 aliphatic heterocycles. The van der Waals surface area contributed by atoms with Crippen LogP contribution in [0, 0.1) is 0 Å². The van der Waals surface area contributed by atoms with Gasteiger partial charge in [0.05, 0.1) is 4.90 Å². The normalized spacial score (nSPS) is 19.1. The zero-order valence-corrected chi connectivity index (χ0v) is 14.4. The van der Waals surface area contributed by atoms with E-state index in [1.165, 1.54) is 30.5 Å². The monoisotopic (exact) mass is 352 g/mol. The van der Waals surface area contributed by atoms with Gasteiger partial charge in [-0.1, -0.05) is 0 Å². The quantitative estimate of drug-likeness (QED) is 0.867. The lowest BCUT2D eigenvalue weighted by Crippen LogP contribution is -2.27. The summed E-state index contributed by atoms with van der Waals surface area (Å²) >= 11 is 1.74. The van der Waals surface area contributed by atoms with Crippen molar-refractivity contribution >= 4 is 21.4 Å². The molecule has 0 radical (unpaired) electrons. The maximum atomic E-state index is 11.2. The summed E-state index contributed by atoms with van der Waals surface area (Å²) < 4.78 is 28.2. The molecule has 2 aromatic rings. The van der Waals surface area contributed by atoms with Gasteiger partial charge in [-0.05, 0) is 66.0 Å². The van der Waals surface area contributed by atoms with Crippen LogP contribution in [0.5, 0.6) is 5.75 Å². The highest BCUT2D eigenvalue weighted by atomic mass is 32.2. The minimum atomic E-state index is -3.65. The first kappa shape index (κ1) is 16.4. The summed E-state index contributed by atoms with van der Waals surface area (Å²) in [5.41, 5.74) is 1.39. The van der Waals surface area contributed by atoms with Crippen molar-refractivity contribution in [2.75, 3.05) is 19.7 Å². The second kappa shape index (κ2) is 7.00. The molecule has 2 heterocycles. The van der Waals surface area contributed by atoms with Gasteiger partial charge in [-0.3, -0.25) is 4.90 Å². The van der Waals surface area contributed by atoms with Crippen molar-refractivity contribution in [3.05, 3.63) is 46.7 Å². The van der Waals surface area contributed by atoms with Crippen molar-refractivity contribution in [2.24, 2.45) is 5.14 Å². The van der Waals surface area contributed by atoms with Gasteiger partial charge in [0.15, 0.2) is 0 Å². The number of benzene rings is 1. The molecular weight excluding hydrogens is 332 g/mol. The van der Waals surface area contributed by atoms with Gasteiger partial charge < -0.3 is 4.74 Å². The minimum Gasteiger partial charge on any atom is -0.492 e. The summed E-state index contributed by atoms with van der Waals surface area (Å²) in [6, 6.07) is 8.90. The minimum absolute atomic E-state index is 0.0990. The summed E-state index contributed by atoms with van der Waals surface area (Å²) in [4.78, 5) is 2.54. The second-order valence-electron chi connectivity index (χ2n) is 5.62. The van der Waals surface area contributed by atoms with E-state index in [1.54, 1.807) is 23.5 Å². The van der Waals surface area contributed by atoms with E-state index in [-0.39, 0.29) is 4.90 Å². The van der Waals surface area contributed by atoms with Crippen molar-refractivity contribution in [1.29, 1.82) is 0 Å². The lowest BCUT2D eigenvalue weighted by Gasteiger charge is -2.23. The van der Waals surface area contributed by atoms with Gasteiger partial charge in [-0.25, -0.2) is 13.6 Å². The maximum absolute atomic E-state index is 11.2. The van der Waals surface area contributed by atoms with Gasteiger partial charge in [-0.2, -0.15) is 11.3 Å². The highest BCUT2D eigenvalue weighted by Gasteiger charge is 2.25. The SMILES string of the molecule is NS(=O)(=O)c1ccc(OCCN2CCC[C@H]2c2ccsc2)cc1. The Hall–Kier alpha value is -1.41. The van der Waals surface area contributed by atoms with Crippen LogP contribution in [-0.4, -0.2) is 33.0 Å². The molecular formula is C16H20N2O3S2. The van der Waals surface area contributed by atoms with Crippen LogP contribution in [0.3, 0.4) is 0 Å². The molecule has 0 aliphatic carbocycles. The predicted octanol–water partition coefficient (Wildman–Crippen LogP) is 2.61. The van der Waals surface area contributed by atoms with Crippen molar-refractivity contribution in [1.82, 2.24) is 4.90 Å². The van der Waals surface area contributed by atoms with Crippen LogP contribution in [0.4, 0.5) is 0 Å². The van der Waals surface area contributed by atoms with Crippen LogP contribution in [0.1, 0.15) is 24.4 Å². The Morgan fingerprint density at radius 3 is 2.70 bits per heavy atom. The molecule has 1 aromatic heterocycles. The molecule has 0 amide bonds. The van der Waals surface area contributed by atoms with Gasteiger partial charge >= 0.3 is 0 Å². The molecule has 7 heteroatoms. The Bertz CT molecular complexity index is 727. The van der Waals surface area contributed by atoms with Crippen LogP contribution < -0.4 is 9.88 Å². The van der Waals surface area contributed by atoms with Gasteiger partial charge in [0.2, 0.25) is 10.0 Å². The van der Waals surface area contributed by atoms with Crippen LogP contribution in [-0.2, 0) is 10.0 Å². The molecule has 3 rings (SSSR count). The fourth-order valence-electron chi connectivity index (χ4n) is 2.94. The molecule has 1 saturated heterocycles. The third-order valence-corrected chi connectivity index (χ3v) is 5.72. The number of likely N-dealkylation sites (tertiary alicyclic amines) is 1. The summed E-state index contributed by atoms with van der Waals surface area (Å²) in [6.45, 7) is 2.53. The van der Waals surface area contributed by atoms with Crippen LogP contribution in [0.2, 0.25) is 0 Å². The zero-order valence-electron chi connectivity index (χ0n) is 12.7. The summed E-state index contributed by atoms with van der Waals surface area (Å²) in [6.07, 6.45) is 2.41. The topological polar surface area (TPSA) is 72.6 Å². The van der Waals surface area contributed by atoms with Crippen LogP contribution >= 0.6 is 11.3 Å². The second-order valence-corrected chi connectivity index (χ2v) is 7.96. The molecule has 0 spiro atoms. The Labute approximate surface area is 140 Å². The largest absolute Gasteiger partial charge is 0.492 e. The Balaban J connectivity index is 1.53. The molecule has 1 aliphatic rings. The highest BCUT2D eigenvalue weighted by molar-refractivity contribution is 7.89. The van der Waals surface area contributed by atoms with E-state index in [4.69, 9.17) is 9.88 Å². The lowest BCUT2D eigenvalue weighted by molar-refractivity contribution is 0.198. The summed E-state index contributed by atoms with van der Waals surface area (Å²) in [7, 11) is -3.65. The number of sulfonamides is 1. The molecule has 0 saturated carbocycles. The molecule has 1 atom stereocenters. The van der Waals surface area contributed by atoms with Crippen molar-refractivity contribution in [3.8, 4) is 5.75 Å². The molecule has 1 aromatic carbocycles. The molecule has 124 valence electrons. The highest BCUT2D eigenvalue weighted by Crippen LogP contribution is 2.32. The van der Waals surface area contributed by atoms with E-state index in [2.05, 4.69) is 21.7 Å². The van der Waals surface area contributed by atoms with Crippen molar-refractivity contribution in [2.45, 2.75) is 23.8 Å². The number of ether oxygens (including phenoxy) is 1. The van der Waals surface area contributed by atoms with E-state index in [9.17, 15) is 8.42 Å². The smallest absolute Gasteiger partial charge is 0.238 e. The summed E-state index contributed by atoms with van der Waals surface area (Å²) in [5, 5.41) is 9.42. The van der Waals surface area contributed by atoms with Crippen molar-refractivity contribution < 1.29 is 13.2 Å². The molecule has 23 heavy (non-hydrogen) atoms. The van der Waals surface area contributed by atoms with Crippen LogP contribution in [0.25, 0.3) is 0 Å². The first-order chi connectivity index (χ1) is 11.0. The molecule has 2 N–H and O–H groups in total. The lowest BCUT2D eigenvalue weighted by atomic mass is 10.1. The Kier molecular flexibility index (Phi) is 5.01. The number of primary sulfonamides is 1.